The lowest BCUT2D eigenvalue weighted by Gasteiger charge is -2.00. The maximum absolute atomic E-state index is 4.44. The van der Waals surface area contributed by atoms with Crippen LogP contribution in [0.3, 0.4) is 0 Å². The first-order chi connectivity index (χ1) is 8.84. The van der Waals surface area contributed by atoms with E-state index in [1.54, 1.807) is 0 Å². The Morgan fingerprint density at radius 1 is 0.889 bits per heavy atom. The van der Waals surface area contributed by atoms with Gasteiger partial charge in [0, 0.05) is 10.0 Å². The SMILES string of the molecule is Brc1ccccc1-c1ncc(-c2ccccc2)[nH]1. The number of imidazole rings is 1. The number of halogens is 1. The second-order valence-corrected chi connectivity index (χ2v) is 4.85. The monoisotopic (exact) mass is 298 g/mol. The molecule has 0 amide bonds. The van der Waals surface area contributed by atoms with E-state index in [-0.39, 0.29) is 0 Å². The normalized spacial score (nSPS) is 10.5. The van der Waals surface area contributed by atoms with Gasteiger partial charge in [0.25, 0.3) is 0 Å². The molecule has 0 aliphatic carbocycles. The number of nitrogens with one attached hydrogen (secondary N) is 1. The van der Waals surface area contributed by atoms with Crippen molar-refractivity contribution in [2.75, 3.05) is 0 Å². The van der Waals surface area contributed by atoms with Crippen LogP contribution in [0.15, 0.2) is 65.3 Å². The van der Waals surface area contributed by atoms with Crippen LogP contribution < -0.4 is 0 Å². The molecule has 0 fully saturated rings. The van der Waals surface area contributed by atoms with E-state index in [0.29, 0.717) is 0 Å². The number of hydrogen-bond acceptors (Lipinski definition) is 1. The Bertz CT molecular complexity index is 659. The van der Waals surface area contributed by atoms with Crippen molar-refractivity contribution >= 4 is 15.9 Å². The van der Waals surface area contributed by atoms with Crippen molar-refractivity contribution in [1.29, 1.82) is 0 Å². The quantitative estimate of drug-likeness (QED) is 0.741. The van der Waals surface area contributed by atoms with Gasteiger partial charge in [0.1, 0.15) is 5.82 Å². The van der Waals surface area contributed by atoms with Gasteiger partial charge in [-0.3, -0.25) is 0 Å². The summed E-state index contributed by atoms with van der Waals surface area (Å²) in [6.07, 6.45) is 1.87. The summed E-state index contributed by atoms with van der Waals surface area (Å²) in [5, 5.41) is 0. The summed E-state index contributed by atoms with van der Waals surface area (Å²) in [6, 6.07) is 18.2. The smallest absolute Gasteiger partial charge is 0.138 e. The third-order valence-corrected chi connectivity index (χ3v) is 3.48. The van der Waals surface area contributed by atoms with E-state index in [9.17, 15) is 0 Å². The minimum absolute atomic E-state index is 0.876. The number of H-pyrrole nitrogens is 1. The molecule has 3 rings (SSSR count). The highest BCUT2D eigenvalue weighted by Gasteiger charge is 2.07. The Kier molecular flexibility index (Phi) is 2.99. The fourth-order valence-corrected chi connectivity index (χ4v) is 2.35. The summed E-state index contributed by atoms with van der Waals surface area (Å²) in [5.74, 6) is 0.876. The summed E-state index contributed by atoms with van der Waals surface area (Å²) in [6.45, 7) is 0. The van der Waals surface area contributed by atoms with Gasteiger partial charge in [0.15, 0.2) is 0 Å². The molecule has 88 valence electrons. The number of rotatable bonds is 2. The Morgan fingerprint density at radius 3 is 2.39 bits per heavy atom. The van der Waals surface area contributed by atoms with Crippen LogP contribution in [0, 0.1) is 0 Å². The molecule has 0 radical (unpaired) electrons. The maximum atomic E-state index is 4.44. The van der Waals surface area contributed by atoms with Crippen LogP contribution in [0.25, 0.3) is 22.6 Å². The summed E-state index contributed by atoms with van der Waals surface area (Å²) in [5.41, 5.74) is 3.24. The molecule has 1 heterocycles. The van der Waals surface area contributed by atoms with Crippen LogP contribution in [0.1, 0.15) is 0 Å². The highest BCUT2D eigenvalue weighted by atomic mass is 79.9. The number of benzene rings is 2. The zero-order valence-corrected chi connectivity index (χ0v) is 11.2. The molecule has 0 aliphatic heterocycles. The van der Waals surface area contributed by atoms with Crippen molar-refractivity contribution in [3.63, 3.8) is 0 Å². The van der Waals surface area contributed by atoms with E-state index in [1.165, 1.54) is 0 Å². The van der Waals surface area contributed by atoms with Crippen molar-refractivity contribution in [3.05, 3.63) is 65.3 Å². The fourth-order valence-electron chi connectivity index (χ4n) is 1.88. The lowest BCUT2D eigenvalue weighted by molar-refractivity contribution is 1.30. The van der Waals surface area contributed by atoms with Gasteiger partial charge in [0.05, 0.1) is 11.9 Å². The number of hydrogen-bond donors (Lipinski definition) is 1. The van der Waals surface area contributed by atoms with Gasteiger partial charge in [-0.1, -0.05) is 64.5 Å². The molecule has 1 N–H and O–H groups in total. The molecule has 3 heteroatoms. The Morgan fingerprint density at radius 2 is 1.61 bits per heavy atom. The molecule has 0 saturated carbocycles. The van der Waals surface area contributed by atoms with E-state index >= 15 is 0 Å². The summed E-state index contributed by atoms with van der Waals surface area (Å²) < 4.78 is 1.04. The van der Waals surface area contributed by atoms with E-state index in [4.69, 9.17) is 0 Å². The molecular formula is C15H11BrN2. The van der Waals surface area contributed by atoms with Crippen molar-refractivity contribution in [2.24, 2.45) is 0 Å². The fraction of sp³-hybridized carbons (Fsp3) is 0. The van der Waals surface area contributed by atoms with Crippen molar-refractivity contribution in [1.82, 2.24) is 9.97 Å². The lowest BCUT2D eigenvalue weighted by Crippen LogP contribution is -1.82. The first kappa shape index (κ1) is 11.2. The third-order valence-electron chi connectivity index (χ3n) is 2.79. The van der Waals surface area contributed by atoms with Crippen molar-refractivity contribution < 1.29 is 0 Å². The van der Waals surface area contributed by atoms with Gasteiger partial charge in [0.2, 0.25) is 0 Å². The van der Waals surface area contributed by atoms with Gasteiger partial charge in [-0.05, 0) is 11.6 Å². The van der Waals surface area contributed by atoms with Gasteiger partial charge in [-0.25, -0.2) is 4.98 Å². The highest BCUT2D eigenvalue weighted by Crippen LogP contribution is 2.27. The van der Waals surface area contributed by atoms with Gasteiger partial charge in [-0.2, -0.15) is 0 Å². The number of nitrogens with zero attached hydrogens (tertiary/aromatic N) is 1. The van der Waals surface area contributed by atoms with Crippen LogP contribution in [0.4, 0.5) is 0 Å². The molecule has 18 heavy (non-hydrogen) atoms. The largest absolute Gasteiger partial charge is 0.338 e. The molecule has 2 aromatic carbocycles. The molecule has 2 nitrogen and oxygen atoms in total. The summed E-state index contributed by atoms with van der Waals surface area (Å²) in [7, 11) is 0. The van der Waals surface area contributed by atoms with E-state index in [2.05, 4.69) is 38.0 Å². The Hall–Kier alpha value is -1.87. The van der Waals surface area contributed by atoms with Crippen LogP contribution >= 0.6 is 15.9 Å². The van der Waals surface area contributed by atoms with Crippen LogP contribution in [0.2, 0.25) is 0 Å². The van der Waals surface area contributed by atoms with E-state index < -0.39 is 0 Å². The second kappa shape index (κ2) is 4.78. The second-order valence-electron chi connectivity index (χ2n) is 3.99. The molecular weight excluding hydrogens is 288 g/mol. The van der Waals surface area contributed by atoms with Crippen LogP contribution in [-0.4, -0.2) is 9.97 Å². The Balaban J connectivity index is 2.03. The molecule has 3 aromatic rings. The number of aromatic amines is 1. The summed E-state index contributed by atoms with van der Waals surface area (Å²) >= 11 is 3.54. The molecule has 0 saturated heterocycles. The molecule has 0 atom stereocenters. The Labute approximate surface area is 114 Å². The van der Waals surface area contributed by atoms with Crippen molar-refractivity contribution in [2.45, 2.75) is 0 Å². The minimum Gasteiger partial charge on any atom is -0.338 e. The van der Waals surface area contributed by atoms with Gasteiger partial charge >= 0.3 is 0 Å². The third kappa shape index (κ3) is 2.09. The number of aromatic nitrogens is 2. The van der Waals surface area contributed by atoms with Crippen LogP contribution in [0.5, 0.6) is 0 Å². The van der Waals surface area contributed by atoms with Crippen LogP contribution in [-0.2, 0) is 0 Å². The minimum atomic E-state index is 0.876. The zero-order valence-electron chi connectivity index (χ0n) is 9.60. The maximum Gasteiger partial charge on any atom is 0.138 e. The average molecular weight is 299 g/mol. The standard InChI is InChI=1S/C15H11BrN2/c16-13-9-5-4-8-12(13)15-17-10-14(18-15)11-6-2-1-3-7-11/h1-10H,(H,17,18). The van der Waals surface area contributed by atoms with E-state index in [0.717, 1.165) is 27.1 Å². The molecule has 0 spiro atoms. The molecule has 0 unspecified atom stereocenters. The van der Waals surface area contributed by atoms with Crippen molar-refractivity contribution in [3.8, 4) is 22.6 Å². The van der Waals surface area contributed by atoms with Gasteiger partial charge in [-0.15, -0.1) is 0 Å². The predicted molar refractivity (Wildman–Crippen MR) is 77.2 cm³/mol. The van der Waals surface area contributed by atoms with Gasteiger partial charge < -0.3 is 4.98 Å². The van der Waals surface area contributed by atoms with E-state index in [1.807, 2.05) is 48.7 Å². The predicted octanol–water partition coefficient (Wildman–Crippen LogP) is 4.51. The summed E-state index contributed by atoms with van der Waals surface area (Å²) in [4.78, 5) is 7.78. The topological polar surface area (TPSA) is 28.7 Å². The molecule has 0 aliphatic rings. The molecule has 0 bridgehead atoms. The molecule has 1 aromatic heterocycles. The lowest BCUT2D eigenvalue weighted by atomic mass is 10.2. The first-order valence-electron chi connectivity index (χ1n) is 5.70. The highest BCUT2D eigenvalue weighted by molar-refractivity contribution is 9.10. The average Bonchev–Trinajstić information content (AvgIpc) is 2.90. The zero-order chi connectivity index (χ0) is 12.4. The first-order valence-corrected chi connectivity index (χ1v) is 6.49.